The third-order valence-electron chi connectivity index (χ3n) is 3.12. The lowest BCUT2D eigenvalue weighted by Gasteiger charge is -2.03. The molecule has 2 heterocycles. The molecule has 3 rings (SSSR count). The Morgan fingerprint density at radius 2 is 1.96 bits per heavy atom. The van der Waals surface area contributed by atoms with Crippen LogP contribution in [0.3, 0.4) is 0 Å². The van der Waals surface area contributed by atoms with Gasteiger partial charge in [0.15, 0.2) is 15.3 Å². The van der Waals surface area contributed by atoms with Gasteiger partial charge in [0.1, 0.15) is 0 Å². The normalized spacial score (nSPS) is 10.8. The average Bonchev–Trinajstić information content (AvgIpc) is 3.21. The number of rotatable bonds is 7. The van der Waals surface area contributed by atoms with Crippen molar-refractivity contribution >= 4 is 45.9 Å². The molecule has 1 amide bonds. The molecule has 0 aliphatic carbocycles. The Labute approximate surface area is 157 Å². The smallest absolute Gasteiger partial charge is 0.236 e. The molecule has 0 saturated heterocycles. The highest BCUT2D eigenvalue weighted by Crippen LogP contribution is 2.26. The van der Waals surface area contributed by atoms with Crippen LogP contribution in [0.1, 0.15) is 6.92 Å². The number of aromatic nitrogens is 5. The predicted molar refractivity (Wildman–Crippen MR) is 102 cm³/mol. The number of benzene rings is 1. The van der Waals surface area contributed by atoms with Crippen molar-refractivity contribution in [2.75, 3.05) is 16.8 Å². The zero-order chi connectivity index (χ0) is 17.6. The number of amides is 1. The van der Waals surface area contributed by atoms with Gasteiger partial charge in [-0.3, -0.25) is 10.1 Å². The molecule has 0 radical (unpaired) electrons. The number of thioether (sulfide) groups is 2. The Hall–Kier alpha value is -1.91. The highest BCUT2D eigenvalue weighted by atomic mass is 32.2. The molecule has 0 aliphatic heterocycles. The summed E-state index contributed by atoms with van der Waals surface area (Å²) in [5.41, 5.74) is 0.989. The second kappa shape index (κ2) is 8.45. The van der Waals surface area contributed by atoms with E-state index in [9.17, 15) is 4.79 Å². The summed E-state index contributed by atoms with van der Waals surface area (Å²) in [6.45, 7) is 2.05. The number of anilines is 1. The fourth-order valence-electron chi connectivity index (χ4n) is 2.01. The molecule has 0 bridgehead atoms. The monoisotopic (exact) mass is 392 g/mol. The number of carbonyl (C=O) groups excluding carboxylic acids is 1. The van der Waals surface area contributed by atoms with Gasteiger partial charge in [-0.05, 0) is 5.75 Å². The SMILES string of the molecule is CCSc1nnc(NC(=O)CSc2nnc(-c3ccccc3)n2C)s1. The molecule has 130 valence electrons. The van der Waals surface area contributed by atoms with Gasteiger partial charge in [-0.1, -0.05) is 72.1 Å². The molecule has 0 aliphatic rings. The van der Waals surface area contributed by atoms with Crippen LogP contribution in [0.4, 0.5) is 5.13 Å². The molecule has 0 spiro atoms. The summed E-state index contributed by atoms with van der Waals surface area (Å²) in [5.74, 6) is 1.79. The minimum Gasteiger partial charge on any atom is -0.305 e. The van der Waals surface area contributed by atoms with E-state index in [-0.39, 0.29) is 11.7 Å². The zero-order valence-electron chi connectivity index (χ0n) is 13.7. The molecule has 2 aromatic heterocycles. The van der Waals surface area contributed by atoms with Crippen molar-refractivity contribution in [1.82, 2.24) is 25.0 Å². The Morgan fingerprint density at radius 1 is 1.16 bits per heavy atom. The van der Waals surface area contributed by atoms with Crippen molar-refractivity contribution in [3.63, 3.8) is 0 Å². The Bertz CT molecular complexity index is 848. The van der Waals surface area contributed by atoms with E-state index in [4.69, 9.17) is 0 Å². The summed E-state index contributed by atoms with van der Waals surface area (Å²) in [4.78, 5) is 12.1. The number of hydrogen-bond donors (Lipinski definition) is 1. The van der Waals surface area contributed by atoms with Gasteiger partial charge in [-0.15, -0.1) is 20.4 Å². The van der Waals surface area contributed by atoms with Gasteiger partial charge in [0, 0.05) is 12.6 Å². The van der Waals surface area contributed by atoms with E-state index >= 15 is 0 Å². The second-order valence-electron chi connectivity index (χ2n) is 4.87. The van der Waals surface area contributed by atoms with E-state index in [0.29, 0.717) is 10.3 Å². The molecule has 1 N–H and O–H groups in total. The lowest BCUT2D eigenvalue weighted by Crippen LogP contribution is -2.14. The topological polar surface area (TPSA) is 85.6 Å². The largest absolute Gasteiger partial charge is 0.305 e. The van der Waals surface area contributed by atoms with Crippen molar-refractivity contribution in [3.05, 3.63) is 30.3 Å². The standard InChI is InChI=1S/C15H16N6OS3/c1-3-23-15-20-18-13(25-15)16-11(22)9-24-14-19-17-12(21(14)2)10-7-5-4-6-8-10/h4-8H,3,9H2,1-2H3,(H,16,18,22). The zero-order valence-corrected chi connectivity index (χ0v) is 16.1. The van der Waals surface area contributed by atoms with Crippen molar-refractivity contribution in [1.29, 1.82) is 0 Å². The fourth-order valence-corrected chi connectivity index (χ4v) is 4.38. The van der Waals surface area contributed by atoms with E-state index < -0.39 is 0 Å². The van der Waals surface area contributed by atoms with Gasteiger partial charge in [0.25, 0.3) is 0 Å². The molecular formula is C15H16N6OS3. The minimum atomic E-state index is -0.140. The lowest BCUT2D eigenvalue weighted by atomic mass is 10.2. The lowest BCUT2D eigenvalue weighted by molar-refractivity contribution is -0.113. The highest BCUT2D eigenvalue weighted by molar-refractivity contribution is 8.01. The maximum atomic E-state index is 12.1. The third kappa shape index (κ3) is 4.59. The average molecular weight is 393 g/mol. The maximum Gasteiger partial charge on any atom is 0.236 e. The Morgan fingerprint density at radius 3 is 2.72 bits per heavy atom. The third-order valence-corrected chi connectivity index (χ3v) is 5.99. The molecule has 7 nitrogen and oxygen atoms in total. The van der Waals surface area contributed by atoms with Gasteiger partial charge in [-0.2, -0.15) is 0 Å². The van der Waals surface area contributed by atoms with Crippen molar-refractivity contribution in [2.24, 2.45) is 7.05 Å². The van der Waals surface area contributed by atoms with Gasteiger partial charge >= 0.3 is 0 Å². The van der Waals surface area contributed by atoms with Gasteiger partial charge in [-0.25, -0.2) is 0 Å². The predicted octanol–water partition coefficient (Wildman–Crippen LogP) is 3.18. The molecule has 10 heteroatoms. The molecule has 0 fully saturated rings. The number of nitrogens with one attached hydrogen (secondary N) is 1. The summed E-state index contributed by atoms with van der Waals surface area (Å²) < 4.78 is 2.74. The Balaban J connectivity index is 1.58. The van der Waals surface area contributed by atoms with Gasteiger partial charge < -0.3 is 4.57 Å². The quantitative estimate of drug-likeness (QED) is 0.488. The van der Waals surface area contributed by atoms with Crippen LogP contribution < -0.4 is 5.32 Å². The first-order valence-corrected chi connectivity index (χ1v) is 10.3. The second-order valence-corrected chi connectivity index (χ2v) is 8.31. The van der Waals surface area contributed by atoms with Gasteiger partial charge in [0.05, 0.1) is 5.75 Å². The maximum absolute atomic E-state index is 12.1. The van der Waals surface area contributed by atoms with E-state index in [2.05, 4.69) is 25.7 Å². The summed E-state index contributed by atoms with van der Waals surface area (Å²) in [5, 5.41) is 20.3. The molecule has 25 heavy (non-hydrogen) atoms. The van der Waals surface area contributed by atoms with Crippen LogP contribution in [-0.4, -0.2) is 42.4 Å². The summed E-state index contributed by atoms with van der Waals surface area (Å²) >= 11 is 4.32. The molecule has 0 saturated carbocycles. The van der Waals surface area contributed by atoms with E-state index in [0.717, 1.165) is 21.5 Å². The van der Waals surface area contributed by atoms with Crippen molar-refractivity contribution in [2.45, 2.75) is 16.4 Å². The minimum absolute atomic E-state index is 0.140. The molecule has 1 aromatic carbocycles. The first-order valence-electron chi connectivity index (χ1n) is 7.51. The summed E-state index contributed by atoms with van der Waals surface area (Å²) in [7, 11) is 1.89. The highest BCUT2D eigenvalue weighted by Gasteiger charge is 2.14. The van der Waals surface area contributed by atoms with Crippen LogP contribution in [0.25, 0.3) is 11.4 Å². The van der Waals surface area contributed by atoms with Crippen molar-refractivity contribution in [3.8, 4) is 11.4 Å². The van der Waals surface area contributed by atoms with Crippen LogP contribution in [0.2, 0.25) is 0 Å². The number of carbonyl (C=O) groups is 1. The summed E-state index contributed by atoms with van der Waals surface area (Å²) in [6.07, 6.45) is 0. The van der Waals surface area contributed by atoms with Gasteiger partial charge in [0.2, 0.25) is 11.0 Å². The van der Waals surface area contributed by atoms with Crippen LogP contribution in [0.15, 0.2) is 39.8 Å². The molecule has 0 atom stereocenters. The summed E-state index contributed by atoms with van der Waals surface area (Å²) in [6, 6.07) is 9.83. The van der Waals surface area contributed by atoms with Crippen LogP contribution in [0.5, 0.6) is 0 Å². The molecule has 3 aromatic rings. The first kappa shape index (κ1) is 17.9. The number of hydrogen-bond acceptors (Lipinski definition) is 8. The molecule has 0 unspecified atom stereocenters. The van der Waals surface area contributed by atoms with E-state index in [1.165, 1.54) is 23.1 Å². The van der Waals surface area contributed by atoms with Crippen LogP contribution in [0, 0.1) is 0 Å². The van der Waals surface area contributed by atoms with E-state index in [1.54, 1.807) is 11.8 Å². The fraction of sp³-hybridized carbons (Fsp3) is 0.267. The van der Waals surface area contributed by atoms with Crippen LogP contribution >= 0.6 is 34.9 Å². The van der Waals surface area contributed by atoms with Crippen molar-refractivity contribution < 1.29 is 4.79 Å². The van der Waals surface area contributed by atoms with Crippen LogP contribution in [-0.2, 0) is 11.8 Å². The Kier molecular flexibility index (Phi) is 6.05. The first-order chi connectivity index (χ1) is 12.2. The number of nitrogens with zero attached hydrogens (tertiary/aromatic N) is 5. The molecular weight excluding hydrogens is 376 g/mol. The van der Waals surface area contributed by atoms with E-state index in [1.807, 2.05) is 48.9 Å².